The molecule has 0 spiro atoms. The molecule has 1 aromatic heterocycles. The molecule has 23 heavy (non-hydrogen) atoms. The first-order chi connectivity index (χ1) is 11.2. The highest BCUT2D eigenvalue weighted by Crippen LogP contribution is 2.30. The van der Waals surface area contributed by atoms with Crippen molar-refractivity contribution < 1.29 is 9.90 Å². The predicted molar refractivity (Wildman–Crippen MR) is 88.0 cm³/mol. The van der Waals surface area contributed by atoms with E-state index in [1.807, 2.05) is 6.07 Å². The molecule has 1 fully saturated rings. The van der Waals surface area contributed by atoms with Crippen LogP contribution in [-0.4, -0.2) is 32.4 Å². The van der Waals surface area contributed by atoms with E-state index in [0.717, 1.165) is 31.6 Å². The molecule has 124 valence electrons. The van der Waals surface area contributed by atoms with E-state index >= 15 is 0 Å². The third-order valence-corrected chi connectivity index (χ3v) is 4.18. The van der Waals surface area contributed by atoms with Crippen LogP contribution >= 0.6 is 0 Å². The first kappa shape index (κ1) is 17.1. The molecule has 0 aliphatic heterocycles. The Bertz CT molecular complexity index is 585. The van der Waals surface area contributed by atoms with Crippen LogP contribution in [0.5, 0.6) is 0 Å². The number of carbonyl (C=O) groups is 1. The largest absolute Gasteiger partial charge is 0.483 e. The summed E-state index contributed by atoms with van der Waals surface area (Å²) >= 11 is 0. The zero-order valence-corrected chi connectivity index (χ0v) is 13.2. The van der Waals surface area contributed by atoms with Crippen LogP contribution in [0.25, 0.3) is 0 Å². The van der Waals surface area contributed by atoms with E-state index in [4.69, 9.17) is 15.6 Å². The molecule has 1 saturated carbocycles. The lowest BCUT2D eigenvalue weighted by molar-refractivity contribution is -0.122. The SMILES string of the molecule is N[C@H]1CCC[C@@H](c2ncnn2CCc2ccccc2)C1.O=CO. The maximum absolute atomic E-state index is 8.36. The first-order valence-electron chi connectivity index (χ1n) is 7.99. The number of benzene rings is 1. The fraction of sp³-hybridized carbons (Fsp3) is 0.471. The third-order valence-electron chi connectivity index (χ3n) is 4.18. The van der Waals surface area contributed by atoms with Gasteiger partial charge in [-0.15, -0.1) is 0 Å². The fourth-order valence-electron chi connectivity index (χ4n) is 3.10. The van der Waals surface area contributed by atoms with Crippen molar-refractivity contribution in [2.45, 2.75) is 50.6 Å². The van der Waals surface area contributed by atoms with Gasteiger partial charge in [0.1, 0.15) is 12.2 Å². The molecule has 2 aromatic rings. The number of nitrogens with zero attached hydrogens (tertiary/aromatic N) is 3. The van der Waals surface area contributed by atoms with Crippen molar-refractivity contribution in [1.82, 2.24) is 14.8 Å². The van der Waals surface area contributed by atoms with Gasteiger partial charge in [0.05, 0.1) is 0 Å². The van der Waals surface area contributed by atoms with Gasteiger partial charge in [0.25, 0.3) is 6.47 Å². The highest BCUT2D eigenvalue weighted by molar-refractivity contribution is 5.32. The van der Waals surface area contributed by atoms with E-state index in [1.54, 1.807) is 6.33 Å². The number of rotatable bonds is 4. The van der Waals surface area contributed by atoms with E-state index in [9.17, 15) is 0 Å². The van der Waals surface area contributed by atoms with Gasteiger partial charge in [0, 0.05) is 18.5 Å². The lowest BCUT2D eigenvalue weighted by Gasteiger charge is -2.26. The van der Waals surface area contributed by atoms with Crippen LogP contribution in [0.1, 0.15) is 43.0 Å². The number of aromatic nitrogens is 3. The minimum atomic E-state index is -0.250. The highest BCUT2D eigenvalue weighted by Gasteiger charge is 2.24. The minimum absolute atomic E-state index is 0.250. The summed E-state index contributed by atoms with van der Waals surface area (Å²) in [5.41, 5.74) is 7.43. The summed E-state index contributed by atoms with van der Waals surface area (Å²) in [7, 11) is 0. The standard InChI is InChI=1S/C16H22N4.CH2O2/c17-15-8-4-7-14(11-15)16-18-12-19-20(16)10-9-13-5-2-1-3-6-13;2-1-3/h1-3,5-6,12,14-15H,4,7-11,17H2;1H,(H,2,3)/t14-,15+;/m1./s1. The normalized spacial score (nSPS) is 20.4. The molecule has 0 bridgehead atoms. The predicted octanol–water partition coefficient (Wildman–Crippen LogP) is 2.21. The molecule has 0 amide bonds. The molecule has 1 aliphatic rings. The summed E-state index contributed by atoms with van der Waals surface area (Å²) in [5.74, 6) is 1.60. The second-order valence-electron chi connectivity index (χ2n) is 5.81. The zero-order valence-electron chi connectivity index (χ0n) is 13.2. The molecule has 0 unspecified atom stereocenters. The quantitative estimate of drug-likeness (QED) is 0.843. The Morgan fingerprint density at radius 3 is 2.74 bits per heavy atom. The Kier molecular flexibility index (Phi) is 6.75. The van der Waals surface area contributed by atoms with Crippen LogP contribution in [-0.2, 0) is 17.8 Å². The van der Waals surface area contributed by atoms with Crippen LogP contribution < -0.4 is 5.73 Å². The third kappa shape index (κ3) is 5.17. The molecular weight excluding hydrogens is 292 g/mol. The van der Waals surface area contributed by atoms with Crippen molar-refractivity contribution in [2.24, 2.45) is 5.73 Å². The van der Waals surface area contributed by atoms with Crippen molar-refractivity contribution in [3.63, 3.8) is 0 Å². The number of carboxylic acid groups (broad SMARTS) is 1. The number of hydrogen-bond acceptors (Lipinski definition) is 4. The summed E-state index contributed by atoms with van der Waals surface area (Å²) in [6.45, 7) is 0.644. The Balaban J connectivity index is 0.000000595. The summed E-state index contributed by atoms with van der Waals surface area (Å²) in [5, 5.41) is 11.3. The average molecular weight is 316 g/mol. The van der Waals surface area contributed by atoms with Crippen molar-refractivity contribution in [3.8, 4) is 0 Å². The lowest BCUT2D eigenvalue weighted by atomic mass is 9.85. The molecule has 1 aliphatic carbocycles. The van der Waals surface area contributed by atoms with E-state index in [2.05, 4.69) is 39.0 Å². The maximum atomic E-state index is 8.36. The van der Waals surface area contributed by atoms with Gasteiger partial charge in [-0.05, 0) is 31.2 Å². The Morgan fingerprint density at radius 2 is 2.04 bits per heavy atom. The van der Waals surface area contributed by atoms with E-state index < -0.39 is 0 Å². The second-order valence-corrected chi connectivity index (χ2v) is 5.81. The van der Waals surface area contributed by atoms with E-state index in [1.165, 1.54) is 18.4 Å². The van der Waals surface area contributed by atoms with E-state index in [-0.39, 0.29) is 6.47 Å². The Hall–Kier alpha value is -2.21. The average Bonchev–Trinajstić information content (AvgIpc) is 3.03. The van der Waals surface area contributed by atoms with Crippen molar-refractivity contribution >= 4 is 6.47 Å². The van der Waals surface area contributed by atoms with Gasteiger partial charge in [0.15, 0.2) is 0 Å². The molecular formula is C17H24N4O2. The molecule has 6 nitrogen and oxygen atoms in total. The molecule has 6 heteroatoms. The van der Waals surface area contributed by atoms with Gasteiger partial charge in [0.2, 0.25) is 0 Å². The van der Waals surface area contributed by atoms with Crippen molar-refractivity contribution in [3.05, 3.63) is 48.0 Å². The van der Waals surface area contributed by atoms with Gasteiger partial charge >= 0.3 is 0 Å². The molecule has 0 radical (unpaired) electrons. The number of nitrogens with two attached hydrogens (primary N) is 1. The van der Waals surface area contributed by atoms with Crippen LogP contribution in [0.3, 0.4) is 0 Å². The van der Waals surface area contributed by atoms with Gasteiger partial charge in [-0.1, -0.05) is 36.8 Å². The fourth-order valence-corrected chi connectivity index (χ4v) is 3.10. The Morgan fingerprint density at radius 1 is 1.30 bits per heavy atom. The van der Waals surface area contributed by atoms with Crippen LogP contribution in [0.2, 0.25) is 0 Å². The zero-order chi connectivity index (χ0) is 16.5. The topological polar surface area (TPSA) is 94.0 Å². The van der Waals surface area contributed by atoms with Gasteiger partial charge in [-0.25, -0.2) is 9.67 Å². The lowest BCUT2D eigenvalue weighted by Crippen LogP contribution is -2.28. The summed E-state index contributed by atoms with van der Waals surface area (Å²) in [6, 6.07) is 10.9. The van der Waals surface area contributed by atoms with Gasteiger partial charge < -0.3 is 10.8 Å². The van der Waals surface area contributed by atoms with Crippen LogP contribution in [0, 0.1) is 0 Å². The minimum Gasteiger partial charge on any atom is -0.483 e. The molecule has 3 N–H and O–H groups in total. The molecule has 1 aromatic carbocycles. The molecule has 3 rings (SSSR count). The van der Waals surface area contributed by atoms with Crippen LogP contribution in [0.15, 0.2) is 36.7 Å². The van der Waals surface area contributed by atoms with Gasteiger partial charge in [-0.3, -0.25) is 4.79 Å². The van der Waals surface area contributed by atoms with Gasteiger partial charge in [-0.2, -0.15) is 5.10 Å². The smallest absolute Gasteiger partial charge is 0.290 e. The first-order valence-corrected chi connectivity index (χ1v) is 7.99. The van der Waals surface area contributed by atoms with Crippen molar-refractivity contribution in [2.75, 3.05) is 0 Å². The summed E-state index contributed by atoms with van der Waals surface area (Å²) in [6.07, 6.45) is 7.27. The number of aryl methyl sites for hydroxylation is 2. The van der Waals surface area contributed by atoms with Crippen molar-refractivity contribution in [1.29, 1.82) is 0 Å². The summed E-state index contributed by atoms with van der Waals surface area (Å²) in [4.78, 5) is 12.8. The number of hydrogen-bond donors (Lipinski definition) is 2. The molecule has 0 saturated heterocycles. The van der Waals surface area contributed by atoms with Crippen LogP contribution in [0.4, 0.5) is 0 Å². The maximum Gasteiger partial charge on any atom is 0.290 e. The second kappa shape index (κ2) is 9.05. The summed E-state index contributed by atoms with van der Waals surface area (Å²) < 4.78 is 2.07. The molecule has 2 atom stereocenters. The molecule has 1 heterocycles. The highest BCUT2D eigenvalue weighted by atomic mass is 16.3. The monoisotopic (exact) mass is 316 g/mol. The van der Waals surface area contributed by atoms with E-state index in [0.29, 0.717) is 12.0 Å². The Labute approximate surface area is 136 Å².